The quantitative estimate of drug-likeness (QED) is 0.0870. The molecule has 0 radical (unpaired) electrons. The molecule has 1 aromatic heterocycles. The Hall–Kier alpha value is -7.74. The molecule has 1 aromatic rings. The molecular weight excluding hydrogens is 1160 g/mol. The van der Waals surface area contributed by atoms with Crippen LogP contribution >= 0.6 is 0 Å². The molecule has 11 amide bonds. The van der Waals surface area contributed by atoms with Crippen molar-refractivity contribution in [3.63, 3.8) is 0 Å². The predicted molar refractivity (Wildman–Crippen MR) is 337 cm³/mol. The minimum Gasteiger partial charge on any atom is -0.445 e. The number of hydrogen-bond donors (Lipinski definition) is 7. The fourth-order valence-electron chi connectivity index (χ4n) is 10.3. The summed E-state index contributed by atoms with van der Waals surface area (Å²) in [5, 5.41) is 18.6. The summed E-state index contributed by atoms with van der Waals surface area (Å²) in [4.78, 5) is 193. The first-order valence-corrected chi connectivity index (χ1v) is 31.4. The van der Waals surface area contributed by atoms with Crippen LogP contribution in [0.25, 0.3) is 0 Å². The van der Waals surface area contributed by atoms with Crippen molar-refractivity contribution in [1.29, 1.82) is 0 Å². The number of carbonyl (C=O) groups is 13. The number of amides is 11. The van der Waals surface area contributed by atoms with Gasteiger partial charge in [0.25, 0.3) is 5.91 Å². The van der Waals surface area contributed by atoms with Crippen molar-refractivity contribution in [2.24, 2.45) is 41.4 Å². The molecule has 1 aliphatic rings. The van der Waals surface area contributed by atoms with Crippen molar-refractivity contribution in [2.45, 2.75) is 210 Å². The summed E-state index contributed by atoms with van der Waals surface area (Å²) in [6.45, 7) is 26.3. The Bertz CT molecular complexity index is 2680. The highest BCUT2D eigenvalue weighted by Gasteiger charge is 2.42. The minimum atomic E-state index is -1.97. The number of carbonyl (C=O) groups excluding carboxylic acids is 13. The third kappa shape index (κ3) is 23.6. The first kappa shape index (κ1) is 78.4. The standard InChI is InChI=1S/C63H105N13O14/c1-21-43-54(80)65-32-48(77)72(17)45(29-35(4)5)57(83)70-49(38(10)11)62(88)74(19)46(30-36(6)7)55(81)66-41(15)53(79)67-42(16)60(86)73(18)47(31-37(8)9)56(82)69-44(28-34(2)3)61(87)75(20)51(39(12)13)59(85)71-50(58(84)68-43)52(78)40(14)24-22-23-27-90-63(89)76-26-25-64-33-76/h22-23,25-26,33-47,49-51H,21,24,27-32H2,1-20H3,(H,65,80)(H,66,81)(H,67,79)(H,68,84)(H,69,82)(H,70,83)(H,71,85)/t40-,41+,42-,43+,44+,45?,46-,47+,49+,50?,51+/m1/s1. The number of rotatable bonds is 17. The van der Waals surface area contributed by atoms with Gasteiger partial charge in [0.15, 0.2) is 11.8 Å². The first-order valence-electron chi connectivity index (χ1n) is 31.4. The predicted octanol–water partition coefficient (Wildman–Crippen LogP) is 2.31. The number of nitrogens with zero attached hydrogens (tertiary/aromatic N) is 6. The van der Waals surface area contributed by atoms with E-state index >= 15 is 0 Å². The summed E-state index contributed by atoms with van der Waals surface area (Å²) in [5.41, 5.74) is 0. The minimum absolute atomic E-state index is 0.0130. The van der Waals surface area contributed by atoms with Crippen molar-refractivity contribution in [3.05, 3.63) is 30.9 Å². The van der Waals surface area contributed by atoms with Gasteiger partial charge in [0.1, 0.15) is 67.3 Å². The second-order valence-electron chi connectivity index (χ2n) is 26.0. The molecule has 1 fully saturated rings. The Balaban J connectivity index is 2.85. The van der Waals surface area contributed by atoms with Gasteiger partial charge in [-0.1, -0.05) is 109 Å². The Morgan fingerprint density at radius 1 is 0.544 bits per heavy atom. The third-order valence-electron chi connectivity index (χ3n) is 15.6. The Morgan fingerprint density at radius 2 is 1.04 bits per heavy atom. The normalized spacial score (nSPS) is 25.2. The van der Waals surface area contributed by atoms with Gasteiger partial charge in [-0.25, -0.2) is 14.3 Å². The van der Waals surface area contributed by atoms with Gasteiger partial charge in [0.05, 0.1) is 6.54 Å². The number of aromatic nitrogens is 2. The van der Waals surface area contributed by atoms with Crippen molar-refractivity contribution in [2.75, 3.05) is 41.3 Å². The molecule has 27 nitrogen and oxygen atoms in total. The molecule has 90 heavy (non-hydrogen) atoms. The van der Waals surface area contributed by atoms with Crippen LogP contribution < -0.4 is 37.2 Å². The molecule has 1 saturated heterocycles. The first-order chi connectivity index (χ1) is 41.9. The van der Waals surface area contributed by atoms with Crippen LogP contribution in [0.2, 0.25) is 0 Å². The van der Waals surface area contributed by atoms with Crippen molar-refractivity contribution >= 4 is 76.9 Å². The smallest absolute Gasteiger partial charge is 0.419 e. The van der Waals surface area contributed by atoms with Crippen LogP contribution in [-0.2, 0) is 62.3 Å². The van der Waals surface area contributed by atoms with Crippen LogP contribution in [0.5, 0.6) is 0 Å². The van der Waals surface area contributed by atoms with E-state index in [9.17, 15) is 62.3 Å². The summed E-state index contributed by atoms with van der Waals surface area (Å²) in [7, 11) is 5.51. The van der Waals surface area contributed by atoms with Crippen molar-refractivity contribution < 1.29 is 67.1 Å². The number of ketones is 1. The topological polar surface area (TPSA) is 346 Å². The van der Waals surface area contributed by atoms with E-state index in [0.717, 1.165) is 14.4 Å². The molecule has 2 heterocycles. The van der Waals surface area contributed by atoms with Crippen molar-refractivity contribution in [3.8, 4) is 0 Å². The maximum Gasteiger partial charge on any atom is 0.419 e. The Labute approximate surface area is 531 Å². The summed E-state index contributed by atoms with van der Waals surface area (Å²) in [6.07, 6.45) is 6.73. The molecular formula is C63H105N13O14. The van der Waals surface area contributed by atoms with E-state index in [1.807, 2.05) is 55.4 Å². The highest BCUT2D eigenvalue weighted by atomic mass is 16.5. The molecule has 1 aliphatic heterocycles. The molecule has 0 aromatic carbocycles. The lowest BCUT2D eigenvalue weighted by Crippen LogP contribution is -2.62. The maximum atomic E-state index is 14.8. The molecule has 0 saturated carbocycles. The van der Waals surface area contributed by atoms with E-state index in [2.05, 4.69) is 42.2 Å². The largest absolute Gasteiger partial charge is 0.445 e. The van der Waals surface area contributed by atoms with E-state index in [1.165, 1.54) is 83.6 Å². The van der Waals surface area contributed by atoms with E-state index in [4.69, 9.17) is 4.74 Å². The van der Waals surface area contributed by atoms with E-state index in [1.54, 1.807) is 40.7 Å². The average molecular weight is 1270 g/mol. The highest BCUT2D eigenvalue weighted by molar-refractivity contribution is 6.10. The fourth-order valence-corrected chi connectivity index (χ4v) is 10.3. The summed E-state index contributed by atoms with van der Waals surface area (Å²) < 4.78 is 6.33. The molecule has 0 bridgehead atoms. The van der Waals surface area contributed by atoms with E-state index < -0.39 is 162 Å². The van der Waals surface area contributed by atoms with Crippen LogP contribution in [0.4, 0.5) is 4.79 Å². The summed E-state index contributed by atoms with van der Waals surface area (Å²) in [5.74, 6) is -12.3. The van der Waals surface area contributed by atoms with Crippen LogP contribution in [0.1, 0.15) is 149 Å². The second kappa shape index (κ2) is 36.8. The Kier molecular flexibility index (Phi) is 32.0. The van der Waals surface area contributed by atoms with Crippen LogP contribution in [0.15, 0.2) is 30.9 Å². The lowest BCUT2D eigenvalue weighted by Gasteiger charge is -2.36. The van der Waals surface area contributed by atoms with Gasteiger partial charge < -0.3 is 61.6 Å². The van der Waals surface area contributed by atoms with E-state index in [-0.39, 0.29) is 68.8 Å². The van der Waals surface area contributed by atoms with Gasteiger partial charge >= 0.3 is 6.09 Å². The van der Waals surface area contributed by atoms with Crippen LogP contribution in [0, 0.1) is 41.4 Å². The summed E-state index contributed by atoms with van der Waals surface area (Å²) in [6, 6.07) is -13.3. The lowest BCUT2D eigenvalue weighted by atomic mass is 9.94. The zero-order valence-corrected chi connectivity index (χ0v) is 56.8. The molecule has 0 spiro atoms. The molecule has 2 unspecified atom stereocenters. The molecule has 506 valence electrons. The number of likely N-dealkylation sites (N-methyl/N-ethyl adjacent to an activating group) is 4. The maximum absolute atomic E-state index is 14.8. The number of hydrogen-bond acceptors (Lipinski definition) is 15. The molecule has 27 heteroatoms. The van der Waals surface area contributed by atoms with Gasteiger partial charge in [-0.15, -0.1) is 0 Å². The molecule has 11 atom stereocenters. The van der Waals surface area contributed by atoms with Gasteiger partial charge in [0, 0.05) is 46.5 Å². The Morgan fingerprint density at radius 3 is 1.54 bits per heavy atom. The lowest BCUT2D eigenvalue weighted by molar-refractivity contribution is -0.147. The number of ether oxygens (including phenoxy) is 1. The SMILES string of the molecule is CC[C@@H]1NC(=O)C(C(=O)[C@H](C)CC=CCOC(=O)n2ccnc2)NC(=O)[C@H](C(C)C)N(C)C(=O)[C@H](CC(C)C)NC(=O)[C@H](CC(C)C)N(C)C(=O)[C@@H](C)NC(=O)[C@H](C)NC(=O)[C@@H](CC(C)C)N(C)C(=O)[C@H](C(C)C)NC(=O)C(CC(C)C)N(C)C(=O)CNC1=O. The van der Waals surface area contributed by atoms with Gasteiger partial charge in [-0.05, 0) is 87.9 Å². The third-order valence-corrected chi connectivity index (χ3v) is 15.6. The van der Waals surface area contributed by atoms with Crippen LogP contribution in [-0.4, -0.2) is 208 Å². The number of Topliss-reactive ketones (excluding diaryl/α,β-unsaturated/α-hetero) is 1. The number of nitrogens with one attached hydrogen (secondary N) is 7. The van der Waals surface area contributed by atoms with Gasteiger partial charge in [-0.3, -0.25) is 57.5 Å². The van der Waals surface area contributed by atoms with Gasteiger partial charge in [0.2, 0.25) is 59.1 Å². The van der Waals surface area contributed by atoms with Crippen LogP contribution in [0.3, 0.4) is 0 Å². The number of allylic oxidation sites excluding steroid dienone is 1. The molecule has 0 aliphatic carbocycles. The number of imidazole rings is 1. The average Bonchev–Trinajstić information content (AvgIpc) is 1.12. The zero-order chi connectivity index (χ0) is 68.8. The summed E-state index contributed by atoms with van der Waals surface area (Å²) >= 11 is 0. The second-order valence-corrected chi connectivity index (χ2v) is 26.0. The highest BCUT2D eigenvalue weighted by Crippen LogP contribution is 2.21. The van der Waals surface area contributed by atoms with Gasteiger partial charge in [-0.2, -0.15) is 0 Å². The fraction of sp³-hybridized carbons (Fsp3) is 0.714. The van der Waals surface area contributed by atoms with Crippen molar-refractivity contribution in [1.82, 2.24) is 66.4 Å². The monoisotopic (exact) mass is 1270 g/mol. The van der Waals surface area contributed by atoms with E-state index in [0.29, 0.717) is 0 Å². The zero-order valence-electron chi connectivity index (χ0n) is 56.8. The molecule has 2 rings (SSSR count). The molecule has 7 N–H and O–H groups in total.